The minimum atomic E-state index is -0.245. The Kier molecular flexibility index (Phi) is 7.46. The number of benzene rings is 1. The number of carbonyl (C=O) groups is 1. The number of nitrogens with zero attached hydrogens (tertiary/aromatic N) is 1. The molecule has 3 N–H and O–H groups in total. The Balaban J connectivity index is 2.71. The highest BCUT2D eigenvalue weighted by molar-refractivity contribution is 5.85. The van der Waals surface area contributed by atoms with Crippen LogP contribution in [-0.2, 0) is 10.2 Å². The van der Waals surface area contributed by atoms with Crippen LogP contribution in [0.25, 0.3) is 0 Å². The van der Waals surface area contributed by atoms with Crippen molar-refractivity contribution in [1.29, 1.82) is 0 Å². The van der Waals surface area contributed by atoms with Crippen molar-refractivity contribution in [1.82, 2.24) is 16.0 Å². The van der Waals surface area contributed by atoms with Gasteiger partial charge in [-0.1, -0.05) is 43.7 Å². The number of guanidine groups is 1. The van der Waals surface area contributed by atoms with E-state index in [0.717, 1.165) is 13.1 Å². The average molecular weight is 347 g/mol. The van der Waals surface area contributed by atoms with E-state index in [9.17, 15) is 4.79 Å². The molecule has 0 aliphatic rings. The van der Waals surface area contributed by atoms with Crippen LogP contribution in [0.2, 0.25) is 0 Å². The van der Waals surface area contributed by atoms with Crippen molar-refractivity contribution < 1.29 is 4.79 Å². The van der Waals surface area contributed by atoms with Crippen molar-refractivity contribution in [2.24, 2.45) is 4.99 Å². The molecule has 0 aromatic heterocycles. The van der Waals surface area contributed by atoms with Gasteiger partial charge in [-0.25, -0.2) is 4.99 Å². The average Bonchev–Trinajstić information content (AvgIpc) is 2.48. The quantitative estimate of drug-likeness (QED) is 0.548. The molecule has 140 valence electrons. The van der Waals surface area contributed by atoms with Gasteiger partial charge >= 0.3 is 0 Å². The first-order valence-corrected chi connectivity index (χ1v) is 8.94. The summed E-state index contributed by atoms with van der Waals surface area (Å²) in [6.07, 6.45) is 0. The van der Waals surface area contributed by atoms with Gasteiger partial charge in [-0.05, 0) is 40.2 Å². The Hall–Kier alpha value is -2.04. The van der Waals surface area contributed by atoms with Crippen molar-refractivity contribution in [2.75, 3.05) is 19.6 Å². The first-order valence-electron chi connectivity index (χ1n) is 8.94. The first-order chi connectivity index (χ1) is 11.5. The Bertz CT molecular complexity index is 600. The van der Waals surface area contributed by atoms with Gasteiger partial charge in [0.2, 0.25) is 5.91 Å². The molecule has 1 amide bonds. The lowest BCUT2D eigenvalue weighted by Gasteiger charge is -2.27. The third kappa shape index (κ3) is 8.05. The standard InChI is InChI=1S/C20H34N4O/c1-8-21-18(22-13-17(25)24-19(3,4)5)23-14-20(6,7)16-11-9-10-15(2)12-16/h9-12H,8,13-14H2,1-7H3,(H,24,25)(H2,21,22,23). The molecular weight excluding hydrogens is 312 g/mol. The summed E-state index contributed by atoms with van der Waals surface area (Å²) >= 11 is 0. The monoisotopic (exact) mass is 346 g/mol. The highest BCUT2D eigenvalue weighted by Gasteiger charge is 2.21. The molecule has 0 unspecified atom stereocenters. The predicted molar refractivity (Wildman–Crippen MR) is 106 cm³/mol. The summed E-state index contributed by atoms with van der Waals surface area (Å²) in [6.45, 7) is 16.0. The molecule has 1 rings (SSSR count). The molecule has 1 aromatic rings. The minimum absolute atomic E-state index is 0.0458. The van der Waals surface area contributed by atoms with E-state index >= 15 is 0 Å². The lowest BCUT2D eigenvalue weighted by Crippen LogP contribution is -2.45. The topological polar surface area (TPSA) is 65.5 Å². The number of hydrogen-bond acceptors (Lipinski definition) is 2. The zero-order chi connectivity index (χ0) is 19.1. The third-order valence-corrected chi connectivity index (χ3v) is 3.74. The van der Waals surface area contributed by atoms with E-state index in [1.165, 1.54) is 11.1 Å². The molecule has 25 heavy (non-hydrogen) atoms. The van der Waals surface area contributed by atoms with Crippen molar-refractivity contribution >= 4 is 11.9 Å². The third-order valence-electron chi connectivity index (χ3n) is 3.74. The molecule has 0 fully saturated rings. The van der Waals surface area contributed by atoms with Gasteiger partial charge in [-0.15, -0.1) is 0 Å². The summed E-state index contributed by atoms with van der Waals surface area (Å²) in [4.78, 5) is 16.3. The summed E-state index contributed by atoms with van der Waals surface area (Å²) in [5.74, 6) is 0.579. The van der Waals surface area contributed by atoms with Crippen molar-refractivity contribution in [3.05, 3.63) is 35.4 Å². The minimum Gasteiger partial charge on any atom is -0.357 e. The molecule has 0 bridgehead atoms. The van der Waals surface area contributed by atoms with Gasteiger partial charge in [0, 0.05) is 24.0 Å². The van der Waals surface area contributed by atoms with Crippen molar-refractivity contribution in [2.45, 2.75) is 59.4 Å². The van der Waals surface area contributed by atoms with E-state index in [2.05, 4.69) is 66.0 Å². The summed E-state index contributed by atoms with van der Waals surface area (Å²) in [5.41, 5.74) is 2.24. The van der Waals surface area contributed by atoms with Crippen LogP contribution in [0.15, 0.2) is 29.3 Å². The number of nitrogens with one attached hydrogen (secondary N) is 3. The normalized spacial score (nSPS) is 12.7. The van der Waals surface area contributed by atoms with E-state index in [0.29, 0.717) is 5.96 Å². The number of hydrogen-bond donors (Lipinski definition) is 3. The van der Waals surface area contributed by atoms with Gasteiger partial charge in [0.05, 0.1) is 0 Å². The molecule has 0 aliphatic heterocycles. The van der Waals surface area contributed by atoms with Crippen LogP contribution >= 0.6 is 0 Å². The summed E-state index contributed by atoms with van der Waals surface area (Å²) in [6, 6.07) is 8.55. The van der Waals surface area contributed by atoms with E-state index < -0.39 is 0 Å². The molecule has 0 aliphatic carbocycles. The maximum absolute atomic E-state index is 12.0. The predicted octanol–water partition coefficient (Wildman–Crippen LogP) is 2.74. The molecule has 0 heterocycles. The van der Waals surface area contributed by atoms with Gasteiger partial charge in [-0.2, -0.15) is 0 Å². The highest BCUT2D eigenvalue weighted by atomic mass is 16.2. The number of aliphatic imine (C=N–C) groups is 1. The van der Waals surface area contributed by atoms with Crippen LogP contribution < -0.4 is 16.0 Å². The van der Waals surface area contributed by atoms with Crippen molar-refractivity contribution in [3.63, 3.8) is 0 Å². The molecule has 0 atom stereocenters. The molecule has 1 aromatic carbocycles. The maximum Gasteiger partial charge on any atom is 0.242 e. The van der Waals surface area contributed by atoms with Crippen LogP contribution in [0.1, 0.15) is 52.7 Å². The smallest absolute Gasteiger partial charge is 0.242 e. The van der Waals surface area contributed by atoms with Gasteiger partial charge < -0.3 is 16.0 Å². The number of aryl methyl sites for hydroxylation is 1. The fourth-order valence-corrected chi connectivity index (χ4v) is 2.42. The van der Waals surface area contributed by atoms with Crippen LogP contribution in [0.4, 0.5) is 0 Å². The lowest BCUT2D eigenvalue weighted by atomic mass is 9.84. The number of rotatable bonds is 6. The van der Waals surface area contributed by atoms with Gasteiger partial charge in [0.15, 0.2) is 5.96 Å². The van der Waals surface area contributed by atoms with Crippen LogP contribution in [0.3, 0.4) is 0 Å². The highest BCUT2D eigenvalue weighted by Crippen LogP contribution is 2.22. The van der Waals surface area contributed by atoms with E-state index in [-0.39, 0.29) is 23.4 Å². The van der Waals surface area contributed by atoms with Crippen LogP contribution in [0, 0.1) is 6.92 Å². The Morgan fingerprint density at radius 2 is 1.80 bits per heavy atom. The fourth-order valence-electron chi connectivity index (χ4n) is 2.42. The second-order valence-electron chi connectivity index (χ2n) is 8.10. The molecule has 5 heteroatoms. The van der Waals surface area contributed by atoms with E-state index in [1.54, 1.807) is 0 Å². The molecule has 0 saturated heterocycles. The lowest BCUT2D eigenvalue weighted by molar-refractivity contribution is -0.121. The van der Waals surface area contributed by atoms with Crippen molar-refractivity contribution in [3.8, 4) is 0 Å². The van der Waals surface area contributed by atoms with E-state index in [4.69, 9.17) is 0 Å². The van der Waals surface area contributed by atoms with Gasteiger partial charge in [0.25, 0.3) is 0 Å². The molecule has 0 radical (unpaired) electrons. The summed E-state index contributed by atoms with van der Waals surface area (Å²) < 4.78 is 0. The second kappa shape index (κ2) is 8.88. The SMILES string of the molecule is CCNC(=NCC(=O)NC(C)(C)C)NCC(C)(C)c1cccc(C)c1. The van der Waals surface area contributed by atoms with E-state index in [1.807, 2.05) is 27.7 Å². The number of carbonyl (C=O) groups excluding carboxylic acids is 1. The maximum atomic E-state index is 12.0. The number of amides is 1. The van der Waals surface area contributed by atoms with Gasteiger partial charge in [0.1, 0.15) is 6.54 Å². The Morgan fingerprint density at radius 1 is 1.12 bits per heavy atom. The molecule has 0 spiro atoms. The molecule has 0 saturated carbocycles. The fraction of sp³-hybridized carbons (Fsp3) is 0.600. The van der Waals surface area contributed by atoms with Gasteiger partial charge in [-0.3, -0.25) is 4.79 Å². The zero-order valence-corrected chi connectivity index (χ0v) is 16.8. The van der Waals surface area contributed by atoms with Crippen LogP contribution in [0.5, 0.6) is 0 Å². The molecular formula is C20H34N4O. The largest absolute Gasteiger partial charge is 0.357 e. The Labute approximate surface area is 152 Å². The Morgan fingerprint density at radius 3 is 2.36 bits per heavy atom. The first kappa shape index (κ1) is 21.0. The second-order valence-corrected chi connectivity index (χ2v) is 8.10. The molecule has 5 nitrogen and oxygen atoms in total. The summed E-state index contributed by atoms with van der Waals surface area (Å²) in [5, 5.41) is 9.47. The summed E-state index contributed by atoms with van der Waals surface area (Å²) in [7, 11) is 0. The van der Waals surface area contributed by atoms with Crippen LogP contribution in [-0.4, -0.2) is 37.0 Å². The zero-order valence-electron chi connectivity index (χ0n) is 16.8.